The maximum Gasteiger partial charge on any atom is 0.0572 e. The van der Waals surface area contributed by atoms with Gasteiger partial charge >= 0.3 is 0 Å². The minimum Gasteiger partial charge on any atom is -0.302 e. The molecule has 0 aromatic rings. The SMILES string of the molecule is CC(C)=CCCNC1CCCN1. The molecule has 12 heavy (non-hydrogen) atoms. The van der Waals surface area contributed by atoms with E-state index >= 15 is 0 Å². The summed E-state index contributed by atoms with van der Waals surface area (Å²) in [5, 5.41) is 6.89. The highest BCUT2D eigenvalue weighted by Crippen LogP contribution is 2.01. The van der Waals surface area contributed by atoms with Gasteiger partial charge in [-0.05, 0) is 39.7 Å². The van der Waals surface area contributed by atoms with E-state index in [1.54, 1.807) is 0 Å². The molecule has 0 radical (unpaired) electrons. The summed E-state index contributed by atoms with van der Waals surface area (Å²) in [4.78, 5) is 0. The summed E-state index contributed by atoms with van der Waals surface area (Å²) in [6, 6.07) is 0. The van der Waals surface area contributed by atoms with Crippen molar-refractivity contribution in [2.24, 2.45) is 0 Å². The van der Waals surface area contributed by atoms with Gasteiger partial charge in [-0.1, -0.05) is 11.6 Å². The fraction of sp³-hybridized carbons (Fsp3) is 0.800. The lowest BCUT2D eigenvalue weighted by atomic mass is 10.2. The summed E-state index contributed by atoms with van der Waals surface area (Å²) >= 11 is 0. The van der Waals surface area contributed by atoms with E-state index in [9.17, 15) is 0 Å². The van der Waals surface area contributed by atoms with Crippen molar-refractivity contribution in [3.8, 4) is 0 Å². The monoisotopic (exact) mass is 168 g/mol. The second-order valence-electron chi connectivity index (χ2n) is 3.67. The second kappa shape index (κ2) is 5.33. The number of hydrogen-bond acceptors (Lipinski definition) is 2. The molecule has 1 unspecified atom stereocenters. The smallest absolute Gasteiger partial charge is 0.0572 e. The summed E-state index contributed by atoms with van der Waals surface area (Å²) in [6.45, 7) is 6.57. The number of hydrogen-bond donors (Lipinski definition) is 2. The molecule has 0 aromatic heterocycles. The van der Waals surface area contributed by atoms with Gasteiger partial charge in [0.15, 0.2) is 0 Å². The molecular formula is C10H20N2. The van der Waals surface area contributed by atoms with E-state index in [0.29, 0.717) is 6.17 Å². The Balaban J connectivity index is 1.98. The van der Waals surface area contributed by atoms with Gasteiger partial charge in [0, 0.05) is 6.54 Å². The molecular weight excluding hydrogens is 148 g/mol. The van der Waals surface area contributed by atoms with Gasteiger partial charge in [0.25, 0.3) is 0 Å². The summed E-state index contributed by atoms with van der Waals surface area (Å²) in [6.07, 6.45) is 6.62. The second-order valence-corrected chi connectivity index (χ2v) is 3.67. The molecule has 0 aromatic carbocycles. The summed E-state index contributed by atoms with van der Waals surface area (Å²) < 4.78 is 0. The number of rotatable bonds is 4. The molecule has 2 heteroatoms. The molecule has 1 fully saturated rings. The summed E-state index contributed by atoms with van der Waals surface area (Å²) in [5.41, 5.74) is 1.41. The highest BCUT2D eigenvalue weighted by Gasteiger charge is 2.11. The largest absolute Gasteiger partial charge is 0.302 e. The van der Waals surface area contributed by atoms with Crippen LogP contribution in [-0.2, 0) is 0 Å². The highest BCUT2D eigenvalue weighted by molar-refractivity contribution is 4.93. The van der Waals surface area contributed by atoms with Crippen LogP contribution in [0.1, 0.15) is 33.1 Å². The lowest BCUT2D eigenvalue weighted by Gasteiger charge is -2.10. The van der Waals surface area contributed by atoms with Crippen molar-refractivity contribution in [3.05, 3.63) is 11.6 Å². The Morgan fingerprint density at radius 3 is 3.00 bits per heavy atom. The third-order valence-corrected chi connectivity index (χ3v) is 2.15. The first-order valence-electron chi connectivity index (χ1n) is 4.89. The van der Waals surface area contributed by atoms with Crippen molar-refractivity contribution >= 4 is 0 Å². The van der Waals surface area contributed by atoms with Crippen LogP contribution in [0, 0.1) is 0 Å². The lowest BCUT2D eigenvalue weighted by molar-refractivity contribution is 0.488. The van der Waals surface area contributed by atoms with E-state index < -0.39 is 0 Å². The van der Waals surface area contributed by atoms with Crippen molar-refractivity contribution < 1.29 is 0 Å². The van der Waals surface area contributed by atoms with Gasteiger partial charge in [-0.2, -0.15) is 0 Å². The molecule has 1 aliphatic heterocycles. The Bertz CT molecular complexity index is 142. The van der Waals surface area contributed by atoms with Gasteiger partial charge in [-0.15, -0.1) is 0 Å². The van der Waals surface area contributed by atoms with Crippen LogP contribution in [0.25, 0.3) is 0 Å². The molecule has 0 bridgehead atoms. The first-order chi connectivity index (χ1) is 5.79. The van der Waals surface area contributed by atoms with Crippen LogP contribution in [0.15, 0.2) is 11.6 Å². The van der Waals surface area contributed by atoms with Gasteiger partial charge < -0.3 is 10.6 Å². The Labute approximate surface area is 75.4 Å². The summed E-state index contributed by atoms with van der Waals surface area (Å²) in [7, 11) is 0. The minimum atomic E-state index is 0.579. The predicted molar refractivity (Wildman–Crippen MR) is 53.1 cm³/mol. The van der Waals surface area contributed by atoms with Gasteiger partial charge in [-0.3, -0.25) is 0 Å². The zero-order chi connectivity index (χ0) is 8.81. The van der Waals surface area contributed by atoms with E-state index in [0.717, 1.165) is 13.0 Å². The van der Waals surface area contributed by atoms with Crippen molar-refractivity contribution in [1.29, 1.82) is 0 Å². The molecule has 2 nitrogen and oxygen atoms in total. The maximum absolute atomic E-state index is 3.48. The van der Waals surface area contributed by atoms with Crippen LogP contribution in [0.5, 0.6) is 0 Å². The average molecular weight is 168 g/mol. The van der Waals surface area contributed by atoms with Gasteiger partial charge in [0.2, 0.25) is 0 Å². The molecule has 1 heterocycles. The average Bonchev–Trinajstić information content (AvgIpc) is 2.49. The Morgan fingerprint density at radius 1 is 1.58 bits per heavy atom. The minimum absolute atomic E-state index is 0.579. The third kappa shape index (κ3) is 3.88. The predicted octanol–water partition coefficient (Wildman–Crippen LogP) is 1.64. The fourth-order valence-corrected chi connectivity index (χ4v) is 1.48. The molecule has 0 aliphatic carbocycles. The first kappa shape index (κ1) is 9.75. The third-order valence-electron chi connectivity index (χ3n) is 2.15. The van der Waals surface area contributed by atoms with E-state index in [1.165, 1.54) is 25.0 Å². The maximum atomic E-state index is 3.48. The van der Waals surface area contributed by atoms with Gasteiger partial charge in [-0.25, -0.2) is 0 Å². The van der Waals surface area contributed by atoms with Crippen molar-refractivity contribution in [3.63, 3.8) is 0 Å². The molecule has 70 valence electrons. The zero-order valence-electron chi connectivity index (χ0n) is 8.19. The Morgan fingerprint density at radius 2 is 2.42 bits per heavy atom. The van der Waals surface area contributed by atoms with Gasteiger partial charge in [0.05, 0.1) is 6.17 Å². The van der Waals surface area contributed by atoms with E-state index in [-0.39, 0.29) is 0 Å². The van der Waals surface area contributed by atoms with Crippen LogP contribution in [0.4, 0.5) is 0 Å². The molecule has 1 rings (SSSR count). The zero-order valence-corrected chi connectivity index (χ0v) is 8.19. The molecule has 2 N–H and O–H groups in total. The van der Waals surface area contributed by atoms with Crippen LogP contribution in [-0.4, -0.2) is 19.3 Å². The Kier molecular flexibility index (Phi) is 4.33. The van der Waals surface area contributed by atoms with E-state index in [2.05, 4.69) is 30.6 Å². The van der Waals surface area contributed by atoms with E-state index in [1.807, 2.05) is 0 Å². The van der Waals surface area contributed by atoms with Gasteiger partial charge in [0.1, 0.15) is 0 Å². The normalized spacial score (nSPS) is 22.7. The fourth-order valence-electron chi connectivity index (χ4n) is 1.48. The molecule has 0 amide bonds. The molecule has 0 saturated carbocycles. The van der Waals surface area contributed by atoms with Crippen LogP contribution < -0.4 is 10.6 Å². The topological polar surface area (TPSA) is 24.1 Å². The van der Waals surface area contributed by atoms with Crippen LogP contribution in [0.2, 0.25) is 0 Å². The number of allylic oxidation sites excluding steroid dienone is 1. The van der Waals surface area contributed by atoms with Crippen molar-refractivity contribution in [2.45, 2.75) is 39.3 Å². The molecule has 1 saturated heterocycles. The summed E-state index contributed by atoms with van der Waals surface area (Å²) in [5.74, 6) is 0. The van der Waals surface area contributed by atoms with Crippen molar-refractivity contribution in [1.82, 2.24) is 10.6 Å². The first-order valence-corrected chi connectivity index (χ1v) is 4.89. The molecule has 0 spiro atoms. The molecule has 1 aliphatic rings. The van der Waals surface area contributed by atoms with Crippen LogP contribution in [0.3, 0.4) is 0 Å². The van der Waals surface area contributed by atoms with Crippen LogP contribution >= 0.6 is 0 Å². The number of nitrogens with one attached hydrogen (secondary N) is 2. The standard InChI is InChI=1S/C10H20N2/c1-9(2)5-3-7-11-10-6-4-8-12-10/h5,10-12H,3-4,6-8H2,1-2H3. The lowest BCUT2D eigenvalue weighted by Crippen LogP contribution is -2.37. The Hall–Kier alpha value is -0.340. The highest BCUT2D eigenvalue weighted by atomic mass is 15.1. The quantitative estimate of drug-likeness (QED) is 0.492. The van der Waals surface area contributed by atoms with Crippen molar-refractivity contribution in [2.75, 3.05) is 13.1 Å². The van der Waals surface area contributed by atoms with E-state index in [4.69, 9.17) is 0 Å². The molecule has 1 atom stereocenters.